The zero-order valence-electron chi connectivity index (χ0n) is 8.65. The van der Waals surface area contributed by atoms with E-state index in [1.807, 2.05) is 17.8 Å². The first kappa shape index (κ1) is 11.3. The SMILES string of the molecule is CCC[CH+]SC/C=C/c1ccccc1. The van der Waals surface area contributed by atoms with Crippen LogP contribution in [0.5, 0.6) is 0 Å². The van der Waals surface area contributed by atoms with Crippen LogP contribution in [0.3, 0.4) is 0 Å². The van der Waals surface area contributed by atoms with Crippen LogP contribution in [0, 0.1) is 5.75 Å². The molecule has 1 rings (SSSR count). The van der Waals surface area contributed by atoms with E-state index in [4.69, 9.17) is 0 Å². The Hall–Kier alpha value is -0.820. The second kappa shape index (κ2) is 7.57. The lowest BCUT2D eigenvalue weighted by Gasteiger charge is -1.89. The third kappa shape index (κ3) is 5.03. The zero-order chi connectivity index (χ0) is 10.1. The molecule has 0 bridgehead atoms. The van der Waals surface area contributed by atoms with E-state index in [2.05, 4.69) is 49.1 Å². The van der Waals surface area contributed by atoms with Crippen molar-refractivity contribution >= 4 is 17.8 Å². The standard InChI is InChI=1S/C13H17S/c1-2-3-11-14-12-7-10-13-8-5-4-6-9-13/h4-11H,2-3,12H2,1H3/q+1/b10-7+. The summed E-state index contributed by atoms with van der Waals surface area (Å²) < 4.78 is 0. The summed E-state index contributed by atoms with van der Waals surface area (Å²) >= 11 is 1.89. The lowest BCUT2D eigenvalue weighted by molar-refractivity contribution is 0.945. The first-order chi connectivity index (χ1) is 6.93. The molecular formula is C13H17S+. The Bertz CT molecular complexity index is 251. The van der Waals surface area contributed by atoms with Gasteiger partial charge in [0, 0.05) is 0 Å². The maximum absolute atomic E-state index is 2.29. The van der Waals surface area contributed by atoms with Gasteiger partial charge in [-0.1, -0.05) is 49.4 Å². The molecule has 0 fully saturated rings. The van der Waals surface area contributed by atoms with E-state index in [0.717, 1.165) is 5.75 Å². The van der Waals surface area contributed by atoms with E-state index in [-0.39, 0.29) is 0 Å². The number of rotatable bonds is 6. The van der Waals surface area contributed by atoms with Crippen molar-refractivity contribution in [3.8, 4) is 0 Å². The molecule has 74 valence electrons. The molecule has 0 saturated heterocycles. The molecule has 0 unspecified atom stereocenters. The fraction of sp³-hybridized carbons (Fsp3) is 0.308. The zero-order valence-corrected chi connectivity index (χ0v) is 9.46. The summed E-state index contributed by atoms with van der Waals surface area (Å²) in [7, 11) is 0. The van der Waals surface area contributed by atoms with Gasteiger partial charge >= 0.3 is 0 Å². The van der Waals surface area contributed by atoms with Crippen LogP contribution in [-0.2, 0) is 0 Å². The van der Waals surface area contributed by atoms with Gasteiger partial charge in [0.25, 0.3) is 0 Å². The predicted octanol–water partition coefficient (Wildman–Crippen LogP) is 4.39. The van der Waals surface area contributed by atoms with Crippen LogP contribution < -0.4 is 0 Å². The molecule has 0 radical (unpaired) electrons. The maximum atomic E-state index is 2.29. The Morgan fingerprint density at radius 3 is 2.79 bits per heavy atom. The molecule has 0 aliphatic carbocycles. The molecule has 0 N–H and O–H groups in total. The van der Waals surface area contributed by atoms with Gasteiger partial charge in [-0.25, -0.2) is 0 Å². The summed E-state index contributed by atoms with van der Waals surface area (Å²) in [5.41, 5.74) is 1.28. The minimum atomic E-state index is 1.08. The number of hydrogen-bond acceptors (Lipinski definition) is 1. The van der Waals surface area contributed by atoms with E-state index in [1.165, 1.54) is 18.4 Å². The summed E-state index contributed by atoms with van der Waals surface area (Å²) in [6.07, 6.45) is 6.85. The van der Waals surface area contributed by atoms with Crippen molar-refractivity contribution in [1.29, 1.82) is 0 Å². The molecule has 1 aromatic rings. The van der Waals surface area contributed by atoms with Gasteiger partial charge in [0.15, 0.2) is 0 Å². The van der Waals surface area contributed by atoms with Crippen LogP contribution in [0.4, 0.5) is 0 Å². The molecule has 0 atom stereocenters. The van der Waals surface area contributed by atoms with Gasteiger partial charge in [-0.2, -0.15) is 0 Å². The summed E-state index contributed by atoms with van der Waals surface area (Å²) in [6, 6.07) is 10.4. The molecule has 0 spiro atoms. The van der Waals surface area contributed by atoms with Crippen LogP contribution in [0.2, 0.25) is 0 Å². The fourth-order valence-corrected chi connectivity index (χ4v) is 1.82. The first-order valence-electron chi connectivity index (χ1n) is 5.08. The molecule has 0 heterocycles. The van der Waals surface area contributed by atoms with Crippen molar-refractivity contribution in [3.63, 3.8) is 0 Å². The highest BCUT2D eigenvalue weighted by Gasteiger charge is 1.95. The second-order valence-electron chi connectivity index (χ2n) is 3.10. The summed E-state index contributed by atoms with van der Waals surface area (Å²) in [5.74, 6) is 3.37. The lowest BCUT2D eigenvalue weighted by Crippen LogP contribution is -1.73. The van der Waals surface area contributed by atoms with Crippen LogP contribution in [-0.4, -0.2) is 5.75 Å². The minimum absolute atomic E-state index is 1.08. The van der Waals surface area contributed by atoms with Crippen LogP contribution in [0.25, 0.3) is 6.08 Å². The molecule has 14 heavy (non-hydrogen) atoms. The van der Waals surface area contributed by atoms with Gasteiger partial charge in [0.2, 0.25) is 0 Å². The number of hydrogen-bond donors (Lipinski definition) is 0. The Morgan fingerprint density at radius 2 is 2.07 bits per heavy atom. The van der Waals surface area contributed by atoms with E-state index >= 15 is 0 Å². The molecule has 0 nitrogen and oxygen atoms in total. The molecule has 0 aromatic heterocycles. The van der Waals surface area contributed by atoms with Gasteiger partial charge in [-0.05, 0) is 12.0 Å². The highest BCUT2D eigenvalue weighted by atomic mass is 32.2. The van der Waals surface area contributed by atoms with Crippen LogP contribution >= 0.6 is 11.8 Å². The summed E-state index contributed by atoms with van der Waals surface area (Å²) in [4.78, 5) is 0. The van der Waals surface area contributed by atoms with Crippen molar-refractivity contribution < 1.29 is 0 Å². The Labute approximate surface area is 91.4 Å². The van der Waals surface area contributed by atoms with Crippen LogP contribution in [0.1, 0.15) is 25.3 Å². The van der Waals surface area contributed by atoms with Gasteiger partial charge in [-0.3, -0.25) is 0 Å². The molecular weight excluding hydrogens is 188 g/mol. The Morgan fingerprint density at radius 1 is 1.29 bits per heavy atom. The Kier molecular flexibility index (Phi) is 6.09. The van der Waals surface area contributed by atoms with Crippen molar-refractivity contribution in [2.45, 2.75) is 19.8 Å². The van der Waals surface area contributed by atoms with E-state index in [1.54, 1.807) is 0 Å². The normalized spacial score (nSPS) is 10.6. The van der Waals surface area contributed by atoms with E-state index < -0.39 is 0 Å². The number of benzene rings is 1. The largest absolute Gasteiger partial charge is 0.143 e. The number of unbranched alkanes of at least 4 members (excludes halogenated alkanes) is 1. The first-order valence-corrected chi connectivity index (χ1v) is 6.13. The molecule has 0 aliphatic rings. The molecule has 1 heteroatoms. The second-order valence-corrected chi connectivity index (χ2v) is 4.10. The van der Waals surface area contributed by atoms with Gasteiger partial charge < -0.3 is 0 Å². The van der Waals surface area contributed by atoms with Gasteiger partial charge in [0.05, 0.1) is 23.9 Å². The third-order valence-corrected chi connectivity index (χ3v) is 2.68. The summed E-state index contributed by atoms with van der Waals surface area (Å²) in [5, 5.41) is 0. The highest BCUT2D eigenvalue weighted by molar-refractivity contribution is 8.01. The van der Waals surface area contributed by atoms with Crippen LogP contribution in [0.15, 0.2) is 36.4 Å². The van der Waals surface area contributed by atoms with Crippen molar-refractivity contribution in [2.24, 2.45) is 0 Å². The smallest absolute Gasteiger partial charge is 0.0699 e. The number of thioether (sulfide) groups is 1. The predicted molar refractivity (Wildman–Crippen MR) is 67.1 cm³/mol. The quantitative estimate of drug-likeness (QED) is 0.490. The average Bonchev–Trinajstić information content (AvgIpc) is 2.25. The average molecular weight is 205 g/mol. The van der Waals surface area contributed by atoms with Crippen molar-refractivity contribution in [1.82, 2.24) is 0 Å². The van der Waals surface area contributed by atoms with E-state index in [9.17, 15) is 0 Å². The van der Waals surface area contributed by atoms with E-state index in [0.29, 0.717) is 0 Å². The van der Waals surface area contributed by atoms with Gasteiger partial charge in [0.1, 0.15) is 5.75 Å². The fourth-order valence-electron chi connectivity index (χ4n) is 1.07. The van der Waals surface area contributed by atoms with Crippen molar-refractivity contribution in [2.75, 3.05) is 5.75 Å². The molecule has 1 aromatic carbocycles. The topological polar surface area (TPSA) is 0 Å². The van der Waals surface area contributed by atoms with Crippen molar-refractivity contribution in [3.05, 3.63) is 47.7 Å². The Balaban J connectivity index is 2.15. The minimum Gasteiger partial charge on any atom is -0.0699 e. The monoisotopic (exact) mass is 205 g/mol. The van der Waals surface area contributed by atoms with Gasteiger partial charge in [-0.15, -0.1) is 0 Å². The molecule has 0 saturated carbocycles. The summed E-state index contributed by atoms with van der Waals surface area (Å²) in [6.45, 7) is 2.21. The maximum Gasteiger partial charge on any atom is 0.143 e. The third-order valence-electron chi connectivity index (χ3n) is 1.83. The molecule has 0 aliphatic heterocycles. The molecule has 0 amide bonds. The lowest BCUT2D eigenvalue weighted by atomic mass is 10.2. The highest BCUT2D eigenvalue weighted by Crippen LogP contribution is 2.11.